The molecule has 2 aromatic carbocycles. The lowest BCUT2D eigenvalue weighted by Gasteiger charge is -2.19. The van der Waals surface area contributed by atoms with Crippen molar-refractivity contribution in [3.8, 4) is 0 Å². The van der Waals surface area contributed by atoms with E-state index in [1.165, 1.54) is 25.0 Å². The second-order valence-electron chi connectivity index (χ2n) is 8.34. The molecule has 0 spiro atoms. The Bertz CT molecular complexity index is 1150. The number of carbonyl (C=O) groups is 2. The standard InChI is InChI=1S/C25H27FN4O2/c1-16-12-22(21-9-8-18(26)14-23(21)27-16)25(32)28-17(2)13-24(31)29-19-6-5-7-20(15-19)30-10-3-4-11-30/h5-9,12,14-15,17H,3-4,10-11,13H2,1-2H3,(H,28,32)(H,29,31). The van der Waals surface area contributed by atoms with Gasteiger partial charge in [-0.2, -0.15) is 0 Å². The molecule has 2 amide bonds. The number of nitrogens with one attached hydrogen (secondary N) is 2. The lowest BCUT2D eigenvalue weighted by atomic mass is 10.1. The molecule has 0 aliphatic carbocycles. The molecule has 2 heterocycles. The Morgan fingerprint density at radius 1 is 1.12 bits per heavy atom. The summed E-state index contributed by atoms with van der Waals surface area (Å²) in [6.07, 6.45) is 2.51. The molecular weight excluding hydrogens is 407 g/mol. The van der Waals surface area contributed by atoms with E-state index in [4.69, 9.17) is 0 Å². The van der Waals surface area contributed by atoms with Gasteiger partial charge >= 0.3 is 0 Å². The number of amides is 2. The lowest BCUT2D eigenvalue weighted by Crippen LogP contribution is -2.35. The maximum Gasteiger partial charge on any atom is 0.252 e. The smallest absolute Gasteiger partial charge is 0.252 e. The van der Waals surface area contributed by atoms with E-state index in [1.54, 1.807) is 26.0 Å². The number of rotatable bonds is 6. The zero-order chi connectivity index (χ0) is 22.7. The van der Waals surface area contributed by atoms with E-state index in [0.29, 0.717) is 22.2 Å². The fraction of sp³-hybridized carbons (Fsp3) is 0.320. The highest BCUT2D eigenvalue weighted by molar-refractivity contribution is 6.06. The molecule has 6 nitrogen and oxygen atoms in total. The highest BCUT2D eigenvalue weighted by Crippen LogP contribution is 2.24. The van der Waals surface area contributed by atoms with Gasteiger partial charge in [-0.15, -0.1) is 0 Å². The van der Waals surface area contributed by atoms with E-state index in [-0.39, 0.29) is 24.3 Å². The van der Waals surface area contributed by atoms with E-state index in [1.807, 2.05) is 18.2 Å². The number of pyridine rings is 1. The SMILES string of the molecule is Cc1cc(C(=O)NC(C)CC(=O)Nc2cccc(N3CCCC3)c2)c2ccc(F)cc2n1. The van der Waals surface area contributed by atoms with Crippen molar-refractivity contribution in [3.63, 3.8) is 0 Å². The van der Waals surface area contributed by atoms with Crippen LogP contribution in [-0.2, 0) is 4.79 Å². The Labute approximate surface area is 186 Å². The summed E-state index contributed by atoms with van der Waals surface area (Å²) in [5.74, 6) is -0.890. The Morgan fingerprint density at radius 2 is 1.91 bits per heavy atom. The van der Waals surface area contributed by atoms with Gasteiger partial charge in [-0.05, 0) is 63.1 Å². The molecule has 0 bridgehead atoms. The van der Waals surface area contributed by atoms with Gasteiger partial charge in [0.1, 0.15) is 5.82 Å². The minimum Gasteiger partial charge on any atom is -0.371 e. The minimum absolute atomic E-state index is 0.135. The molecule has 1 aliphatic heterocycles. The molecule has 1 unspecified atom stereocenters. The summed E-state index contributed by atoms with van der Waals surface area (Å²) >= 11 is 0. The van der Waals surface area contributed by atoms with Crippen molar-refractivity contribution in [3.05, 3.63) is 65.6 Å². The van der Waals surface area contributed by atoms with Gasteiger partial charge in [-0.1, -0.05) is 6.07 Å². The van der Waals surface area contributed by atoms with Gasteiger partial charge in [-0.3, -0.25) is 14.6 Å². The first kappa shape index (κ1) is 21.7. The van der Waals surface area contributed by atoms with Crippen LogP contribution in [0.2, 0.25) is 0 Å². The molecule has 4 rings (SSSR count). The first-order valence-corrected chi connectivity index (χ1v) is 10.9. The average Bonchev–Trinajstić information content (AvgIpc) is 3.27. The number of halogens is 1. The predicted molar refractivity (Wildman–Crippen MR) is 125 cm³/mol. The van der Waals surface area contributed by atoms with Crippen molar-refractivity contribution in [2.45, 2.75) is 39.2 Å². The third-order valence-corrected chi connectivity index (χ3v) is 5.61. The average molecular weight is 435 g/mol. The second-order valence-corrected chi connectivity index (χ2v) is 8.34. The molecule has 7 heteroatoms. The molecular formula is C25H27FN4O2. The van der Waals surface area contributed by atoms with Gasteiger partial charge in [0, 0.05) is 54.1 Å². The topological polar surface area (TPSA) is 74.3 Å². The molecule has 32 heavy (non-hydrogen) atoms. The zero-order valence-corrected chi connectivity index (χ0v) is 18.3. The summed E-state index contributed by atoms with van der Waals surface area (Å²) in [4.78, 5) is 32.0. The van der Waals surface area contributed by atoms with E-state index in [2.05, 4.69) is 26.6 Å². The molecule has 1 atom stereocenters. The van der Waals surface area contributed by atoms with Gasteiger partial charge in [0.15, 0.2) is 0 Å². The van der Waals surface area contributed by atoms with Gasteiger partial charge in [-0.25, -0.2) is 4.39 Å². The van der Waals surface area contributed by atoms with Crippen LogP contribution in [0.3, 0.4) is 0 Å². The van der Waals surface area contributed by atoms with Crippen LogP contribution in [0.25, 0.3) is 10.9 Å². The van der Waals surface area contributed by atoms with Crippen molar-refractivity contribution in [2.75, 3.05) is 23.3 Å². The molecule has 0 radical (unpaired) electrons. The number of aryl methyl sites for hydroxylation is 1. The monoisotopic (exact) mass is 434 g/mol. The summed E-state index contributed by atoms with van der Waals surface area (Å²) < 4.78 is 13.6. The number of anilines is 2. The third-order valence-electron chi connectivity index (χ3n) is 5.61. The van der Waals surface area contributed by atoms with Gasteiger partial charge < -0.3 is 15.5 Å². The van der Waals surface area contributed by atoms with E-state index in [9.17, 15) is 14.0 Å². The lowest BCUT2D eigenvalue weighted by molar-refractivity contribution is -0.116. The Balaban J connectivity index is 1.39. The normalized spacial score (nSPS) is 14.4. The quantitative estimate of drug-likeness (QED) is 0.602. The van der Waals surface area contributed by atoms with Crippen molar-refractivity contribution in [1.29, 1.82) is 0 Å². The Hall–Kier alpha value is -3.48. The van der Waals surface area contributed by atoms with Crippen molar-refractivity contribution < 1.29 is 14.0 Å². The summed E-state index contributed by atoms with van der Waals surface area (Å²) in [5.41, 5.74) is 3.32. The number of carbonyl (C=O) groups excluding carboxylic acids is 2. The van der Waals surface area contributed by atoms with Crippen LogP contribution in [0.5, 0.6) is 0 Å². The maximum atomic E-state index is 13.6. The van der Waals surface area contributed by atoms with Crippen LogP contribution < -0.4 is 15.5 Å². The van der Waals surface area contributed by atoms with Gasteiger partial charge in [0.25, 0.3) is 5.91 Å². The molecule has 2 N–H and O–H groups in total. The number of benzene rings is 2. The second kappa shape index (κ2) is 9.34. The van der Waals surface area contributed by atoms with Crippen molar-refractivity contribution in [2.24, 2.45) is 0 Å². The number of hydrogen-bond donors (Lipinski definition) is 2. The van der Waals surface area contributed by atoms with Crippen LogP contribution in [0.4, 0.5) is 15.8 Å². The number of fused-ring (bicyclic) bond motifs is 1. The fourth-order valence-electron chi connectivity index (χ4n) is 4.12. The molecule has 1 aliphatic rings. The molecule has 1 aromatic heterocycles. The Morgan fingerprint density at radius 3 is 2.69 bits per heavy atom. The largest absolute Gasteiger partial charge is 0.371 e. The zero-order valence-electron chi connectivity index (χ0n) is 18.3. The van der Waals surface area contributed by atoms with Crippen LogP contribution in [0, 0.1) is 12.7 Å². The van der Waals surface area contributed by atoms with E-state index < -0.39 is 5.82 Å². The molecule has 1 fully saturated rings. The van der Waals surface area contributed by atoms with E-state index >= 15 is 0 Å². The van der Waals surface area contributed by atoms with E-state index in [0.717, 1.165) is 24.5 Å². The minimum atomic E-state index is -0.402. The number of aromatic nitrogens is 1. The van der Waals surface area contributed by atoms with Crippen LogP contribution in [-0.4, -0.2) is 35.9 Å². The van der Waals surface area contributed by atoms with Gasteiger partial charge in [0.05, 0.1) is 11.1 Å². The first-order valence-electron chi connectivity index (χ1n) is 10.9. The van der Waals surface area contributed by atoms with Crippen molar-refractivity contribution in [1.82, 2.24) is 10.3 Å². The van der Waals surface area contributed by atoms with Crippen LogP contribution in [0.1, 0.15) is 42.2 Å². The third kappa shape index (κ3) is 5.04. The predicted octanol–water partition coefficient (Wildman–Crippen LogP) is 4.43. The molecule has 0 saturated carbocycles. The molecule has 1 saturated heterocycles. The number of nitrogens with zero attached hydrogens (tertiary/aromatic N) is 2. The van der Waals surface area contributed by atoms with Crippen LogP contribution >= 0.6 is 0 Å². The van der Waals surface area contributed by atoms with Crippen molar-refractivity contribution >= 4 is 34.1 Å². The highest BCUT2D eigenvalue weighted by Gasteiger charge is 2.18. The summed E-state index contributed by atoms with van der Waals surface area (Å²) in [7, 11) is 0. The fourth-order valence-corrected chi connectivity index (χ4v) is 4.12. The number of hydrogen-bond acceptors (Lipinski definition) is 4. The molecule has 3 aromatic rings. The summed E-state index contributed by atoms with van der Waals surface area (Å²) in [6, 6.07) is 13.3. The maximum absolute atomic E-state index is 13.6. The highest BCUT2D eigenvalue weighted by atomic mass is 19.1. The summed E-state index contributed by atoms with van der Waals surface area (Å²) in [6.45, 7) is 5.62. The summed E-state index contributed by atoms with van der Waals surface area (Å²) in [5, 5.41) is 6.37. The van der Waals surface area contributed by atoms with Gasteiger partial charge in [0.2, 0.25) is 5.91 Å². The Kier molecular flexibility index (Phi) is 6.35. The first-order chi connectivity index (χ1) is 15.4. The molecule has 166 valence electrons. The van der Waals surface area contributed by atoms with Crippen LogP contribution in [0.15, 0.2) is 48.5 Å².